The van der Waals surface area contributed by atoms with Gasteiger partial charge < -0.3 is 20.7 Å². The summed E-state index contributed by atoms with van der Waals surface area (Å²) in [5.74, 6) is -0.781. The second-order valence-corrected chi connectivity index (χ2v) is 11.0. The van der Waals surface area contributed by atoms with Gasteiger partial charge in [0.15, 0.2) is 5.96 Å². The number of nitrogens with one attached hydrogen (secondary N) is 4. The molecule has 1 aliphatic rings. The fraction of sp³-hybridized carbons (Fsp3) is 0.217. The molecule has 11 nitrogen and oxygen atoms in total. The molecular formula is C23H21Cl3N6O5S. The Hall–Kier alpha value is -3.16. The van der Waals surface area contributed by atoms with Gasteiger partial charge >= 0.3 is 5.97 Å². The number of fused-ring (bicyclic) bond motifs is 1. The zero-order chi connectivity index (χ0) is 27.4. The SMILES string of the molecule is O=C(O)[C@H](Cc1nc2ccc(C=CCNC3=NCCN3)cc2c(=O)[nH]1)NS(=O)(=O)c1c(Cl)cc(Cl)cc1Cl. The number of aromatic amines is 1. The van der Waals surface area contributed by atoms with Crippen molar-refractivity contribution >= 4 is 73.7 Å². The number of nitrogens with zero attached hydrogens (tertiary/aromatic N) is 2. The van der Waals surface area contributed by atoms with Gasteiger partial charge in [0.1, 0.15) is 16.8 Å². The summed E-state index contributed by atoms with van der Waals surface area (Å²) in [5, 5.41) is 15.7. The van der Waals surface area contributed by atoms with Gasteiger partial charge in [0.25, 0.3) is 5.56 Å². The highest BCUT2D eigenvalue weighted by molar-refractivity contribution is 7.89. The van der Waals surface area contributed by atoms with Gasteiger partial charge in [-0.15, -0.1) is 0 Å². The molecule has 0 amide bonds. The zero-order valence-electron chi connectivity index (χ0n) is 19.5. The number of H-pyrrole nitrogens is 1. The highest BCUT2D eigenvalue weighted by atomic mass is 35.5. The molecule has 5 N–H and O–H groups in total. The van der Waals surface area contributed by atoms with Crippen LogP contribution >= 0.6 is 34.8 Å². The van der Waals surface area contributed by atoms with Gasteiger partial charge in [-0.05, 0) is 29.8 Å². The van der Waals surface area contributed by atoms with E-state index in [1.807, 2.05) is 12.2 Å². The van der Waals surface area contributed by atoms with Gasteiger partial charge in [0.2, 0.25) is 10.0 Å². The van der Waals surface area contributed by atoms with E-state index in [4.69, 9.17) is 34.8 Å². The van der Waals surface area contributed by atoms with Crippen molar-refractivity contribution in [3.8, 4) is 0 Å². The Morgan fingerprint density at radius 3 is 2.58 bits per heavy atom. The Bertz CT molecular complexity index is 1600. The van der Waals surface area contributed by atoms with E-state index in [-0.39, 0.29) is 26.3 Å². The lowest BCUT2D eigenvalue weighted by molar-refractivity contribution is -0.139. The second-order valence-electron chi connectivity index (χ2n) is 8.14. The van der Waals surface area contributed by atoms with E-state index in [1.54, 1.807) is 18.2 Å². The molecule has 3 aromatic rings. The van der Waals surface area contributed by atoms with Crippen molar-refractivity contribution < 1.29 is 18.3 Å². The first-order valence-electron chi connectivity index (χ1n) is 11.1. The molecule has 0 aliphatic carbocycles. The number of rotatable bonds is 9. The lowest BCUT2D eigenvalue weighted by Crippen LogP contribution is -2.43. The summed E-state index contributed by atoms with van der Waals surface area (Å²) < 4.78 is 27.8. The molecule has 1 atom stereocenters. The van der Waals surface area contributed by atoms with E-state index in [0.717, 1.165) is 24.6 Å². The predicted octanol–water partition coefficient (Wildman–Crippen LogP) is 2.42. The average Bonchev–Trinajstić information content (AvgIpc) is 3.34. The monoisotopic (exact) mass is 598 g/mol. The number of benzene rings is 2. The molecule has 0 bridgehead atoms. The third-order valence-electron chi connectivity index (χ3n) is 5.38. The Kier molecular flexibility index (Phi) is 8.58. The summed E-state index contributed by atoms with van der Waals surface area (Å²) in [7, 11) is -4.47. The predicted molar refractivity (Wildman–Crippen MR) is 147 cm³/mol. The van der Waals surface area contributed by atoms with Crippen molar-refractivity contribution in [1.82, 2.24) is 25.3 Å². The maximum absolute atomic E-state index is 12.9. The molecular weight excluding hydrogens is 579 g/mol. The van der Waals surface area contributed by atoms with Crippen LogP contribution in [-0.2, 0) is 21.2 Å². The van der Waals surface area contributed by atoms with Crippen LogP contribution in [0.1, 0.15) is 11.4 Å². The van der Waals surface area contributed by atoms with Crippen LogP contribution in [0.25, 0.3) is 17.0 Å². The van der Waals surface area contributed by atoms with E-state index in [9.17, 15) is 23.1 Å². The molecule has 0 unspecified atom stereocenters. The number of aliphatic imine (C=N–C) groups is 1. The number of carboxylic acids is 1. The standard InChI is InChI=1S/C23H21Cl3N6O5S/c24-13-9-15(25)20(16(26)10-13)38(36,37)32-18(22(34)35)11-19-30-17-4-3-12(8-14(17)21(33)31-19)2-1-5-27-23-28-6-7-29-23/h1-4,8-10,18,32H,5-7,11H2,(H,34,35)(H2,27,28,29)(H,30,31,33)/t18-/m0/s1. The highest BCUT2D eigenvalue weighted by Gasteiger charge is 2.30. The van der Waals surface area contributed by atoms with Gasteiger partial charge in [-0.1, -0.05) is 53.0 Å². The van der Waals surface area contributed by atoms with Crippen molar-refractivity contribution in [3.63, 3.8) is 0 Å². The number of sulfonamides is 1. The molecule has 4 rings (SSSR count). The van der Waals surface area contributed by atoms with Crippen molar-refractivity contribution in [2.45, 2.75) is 17.4 Å². The van der Waals surface area contributed by atoms with Crippen LogP contribution in [0.2, 0.25) is 15.1 Å². The molecule has 0 saturated carbocycles. The number of aromatic nitrogens is 2. The molecule has 0 radical (unpaired) electrons. The van der Waals surface area contributed by atoms with E-state index in [2.05, 4.69) is 30.3 Å². The Labute approximate surface area is 232 Å². The lowest BCUT2D eigenvalue weighted by atomic mass is 10.1. The zero-order valence-corrected chi connectivity index (χ0v) is 22.5. The normalized spacial score (nSPS) is 14.4. The molecule has 38 heavy (non-hydrogen) atoms. The van der Waals surface area contributed by atoms with Crippen molar-refractivity contribution in [3.05, 3.63) is 73.2 Å². The Morgan fingerprint density at radius 1 is 1.18 bits per heavy atom. The third kappa shape index (κ3) is 6.63. The Balaban J connectivity index is 1.52. The Morgan fingerprint density at radius 2 is 1.92 bits per heavy atom. The quantitative estimate of drug-likeness (QED) is 0.250. The minimum absolute atomic E-state index is 0.0248. The van der Waals surface area contributed by atoms with E-state index >= 15 is 0 Å². The van der Waals surface area contributed by atoms with Gasteiger partial charge in [0, 0.05) is 24.5 Å². The van der Waals surface area contributed by atoms with Gasteiger partial charge in [0.05, 0.1) is 27.5 Å². The molecule has 2 heterocycles. The van der Waals surface area contributed by atoms with Crippen molar-refractivity contribution in [2.24, 2.45) is 4.99 Å². The van der Waals surface area contributed by atoms with E-state index in [0.29, 0.717) is 12.1 Å². The average molecular weight is 600 g/mol. The number of hydrogen-bond acceptors (Lipinski definition) is 8. The molecule has 200 valence electrons. The number of carbonyl (C=O) groups is 1. The largest absolute Gasteiger partial charge is 0.480 e. The highest BCUT2D eigenvalue weighted by Crippen LogP contribution is 2.32. The summed E-state index contributed by atoms with van der Waals surface area (Å²) in [4.78, 5) is 35.2. The maximum Gasteiger partial charge on any atom is 0.322 e. The summed E-state index contributed by atoms with van der Waals surface area (Å²) in [6.45, 7) is 2.08. The second kappa shape index (κ2) is 11.7. The van der Waals surface area contributed by atoms with Crippen LogP contribution in [0.4, 0.5) is 0 Å². The number of carboxylic acid groups (broad SMARTS) is 1. The van der Waals surface area contributed by atoms with Gasteiger partial charge in [-0.25, -0.2) is 13.4 Å². The molecule has 0 saturated heterocycles. The fourth-order valence-electron chi connectivity index (χ4n) is 3.68. The third-order valence-corrected chi connectivity index (χ3v) is 7.99. The van der Waals surface area contributed by atoms with Crippen molar-refractivity contribution in [2.75, 3.05) is 19.6 Å². The van der Waals surface area contributed by atoms with E-state index in [1.165, 1.54) is 12.1 Å². The number of hydrogen-bond donors (Lipinski definition) is 5. The van der Waals surface area contributed by atoms with Crippen LogP contribution in [0.5, 0.6) is 0 Å². The van der Waals surface area contributed by atoms with Gasteiger partial charge in [-0.2, -0.15) is 4.72 Å². The van der Waals surface area contributed by atoms with Crippen LogP contribution < -0.4 is 20.9 Å². The first-order chi connectivity index (χ1) is 18.0. The molecule has 0 spiro atoms. The summed E-state index contributed by atoms with van der Waals surface area (Å²) in [6.07, 6.45) is 3.26. The number of guanidine groups is 1. The van der Waals surface area contributed by atoms with E-state index < -0.39 is 38.9 Å². The molecule has 1 aromatic heterocycles. The summed E-state index contributed by atoms with van der Waals surface area (Å²) >= 11 is 17.8. The number of aliphatic carboxylic acids is 1. The van der Waals surface area contributed by atoms with Crippen molar-refractivity contribution in [1.29, 1.82) is 0 Å². The number of halogens is 3. The van der Waals surface area contributed by atoms with Crippen LogP contribution in [0, 0.1) is 0 Å². The lowest BCUT2D eigenvalue weighted by Gasteiger charge is -2.16. The summed E-state index contributed by atoms with van der Waals surface area (Å²) in [5.41, 5.74) is 0.576. The minimum atomic E-state index is -4.47. The first kappa shape index (κ1) is 27.9. The maximum atomic E-state index is 12.9. The van der Waals surface area contributed by atoms with Gasteiger partial charge in [-0.3, -0.25) is 14.6 Å². The molecule has 15 heteroatoms. The smallest absolute Gasteiger partial charge is 0.322 e. The molecule has 1 aliphatic heterocycles. The van der Waals surface area contributed by atoms with Crippen LogP contribution in [0.3, 0.4) is 0 Å². The van der Waals surface area contributed by atoms with Crippen LogP contribution in [-0.4, -0.2) is 61.1 Å². The summed E-state index contributed by atoms with van der Waals surface area (Å²) in [6, 6.07) is 5.68. The molecule has 0 fully saturated rings. The fourth-order valence-corrected chi connectivity index (χ4v) is 6.41. The topological polar surface area (TPSA) is 166 Å². The van der Waals surface area contributed by atoms with Crippen LogP contribution in [0.15, 0.2) is 51.1 Å². The molecule has 2 aromatic carbocycles. The first-order valence-corrected chi connectivity index (χ1v) is 13.8. The minimum Gasteiger partial charge on any atom is -0.480 e.